The van der Waals surface area contributed by atoms with Gasteiger partial charge < -0.3 is 25.2 Å². The van der Waals surface area contributed by atoms with E-state index in [0.717, 1.165) is 33.2 Å². The summed E-state index contributed by atoms with van der Waals surface area (Å²) in [7, 11) is 4.19. The number of carbonyl (C=O) groups excluding carboxylic acids is 1. The van der Waals surface area contributed by atoms with E-state index in [-0.39, 0.29) is 22.8 Å². The van der Waals surface area contributed by atoms with Crippen molar-refractivity contribution in [2.45, 2.75) is 31.0 Å². The normalized spacial score (nSPS) is 19.0. The van der Waals surface area contributed by atoms with E-state index in [9.17, 15) is 19.5 Å². The Labute approximate surface area is 267 Å². The summed E-state index contributed by atoms with van der Waals surface area (Å²) in [5, 5.41) is 20.8. The van der Waals surface area contributed by atoms with Gasteiger partial charge in [-0.25, -0.2) is 14.5 Å². The molecule has 1 amide bonds. The standard InChI is InChI=1S/C31H30Cl2N6O6/c1-38-30(42)27(37-39(2)31(38)43)28(41)35-20-9-5-7-17(26(20)33)16-6-4-8-18(25(16)32)21-12-15-10-11-19(24(15)29(36-21)44-3)34-22-13-45-14-23(22)40/h4-9,12,19,22-23,34,40H,10-11,13-14H2,1-3H3,(H,35,41)/t19-,22-,23+/m1/s1. The maximum atomic E-state index is 13.0. The van der Waals surface area contributed by atoms with Crippen molar-refractivity contribution < 1.29 is 19.4 Å². The number of ether oxygens (including phenoxy) is 2. The lowest BCUT2D eigenvalue weighted by atomic mass is 9.99. The van der Waals surface area contributed by atoms with Gasteiger partial charge in [0.1, 0.15) is 0 Å². The highest BCUT2D eigenvalue weighted by Crippen LogP contribution is 2.44. The second-order valence-corrected chi connectivity index (χ2v) is 11.7. The Morgan fingerprint density at radius 3 is 2.49 bits per heavy atom. The Kier molecular flexibility index (Phi) is 8.51. The molecule has 2 aromatic carbocycles. The van der Waals surface area contributed by atoms with Gasteiger partial charge in [0.25, 0.3) is 11.5 Å². The molecule has 3 N–H and O–H groups in total. The number of carbonyl (C=O) groups is 1. The molecule has 0 unspecified atom stereocenters. The first-order valence-electron chi connectivity index (χ1n) is 14.2. The van der Waals surface area contributed by atoms with E-state index < -0.39 is 29.0 Å². The number of amides is 1. The Bertz CT molecular complexity index is 1940. The molecule has 234 valence electrons. The Hall–Kier alpha value is -4.07. The van der Waals surface area contributed by atoms with Crippen molar-refractivity contribution >= 4 is 34.8 Å². The lowest BCUT2D eigenvalue weighted by molar-refractivity contribution is 0.101. The van der Waals surface area contributed by atoms with Gasteiger partial charge in [-0.15, -0.1) is 0 Å². The fourth-order valence-electron chi connectivity index (χ4n) is 5.82. The SMILES string of the molecule is COc1nc(-c2cccc(-c3cccc(NC(=O)c4nn(C)c(=O)n(C)c4=O)c3Cl)c2Cl)cc2c1[C@H](N[C@@H]1COC[C@@H]1O)CC2. The van der Waals surface area contributed by atoms with Crippen LogP contribution in [0.25, 0.3) is 22.4 Å². The number of hydrogen-bond acceptors (Lipinski definition) is 9. The molecule has 2 aromatic heterocycles. The molecule has 1 aliphatic heterocycles. The van der Waals surface area contributed by atoms with Crippen LogP contribution in [-0.2, 0) is 25.3 Å². The number of methoxy groups -OCH3 is 1. The molecule has 0 spiro atoms. The highest BCUT2D eigenvalue weighted by atomic mass is 35.5. The molecule has 1 saturated heterocycles. The van der Waals surface area contributed by atoms with Gasteiger partial charge in [0.05, 0.1) is 53.9 Å². The van der Waals surface area contributed by atoms with E-state index in [2.05, 4.69) is 15.7 Å². The molecule has 3 heterocycles. The Morgan fingerprint density at radius 2 is 1.78 bits per heavy atom. The van der Waals surface area contributed by atoms with E-state index in [1.54, 1.807) is 25.3 Å². The van der Waals surface area contributed by atoms with Crippen LogP contribution in [0.1, 0.15) is 34.1 Å². The molecule has 0 radical (unpaired) electrons. The predicted octanol–water partition coefficient (Wildman–Crippen LogP) is 3.11. The van der Waals surface area contributed by atoms with Crippen LogP contribution in [0.2, 0.25) is 10.0 Å². The first-order chi connectivity index (χ1) is 21.6. The summed E-state index contributed by atoms with van der Waals surface area (Å²) < 4.78 is 12.9. The van der Waals surface area contributed by atoms with Crippen molar-refractivity contribution in [3.63, 3.8) is 0 Å². The minimum absolute atomic E-state index is 0.0347. The zero-order valence-corrected chi connectivity index (χ0v) is 26.1. The second-order valence-electron chi connectivity index (χ2n) is 11.0. The largest absolute Gasteiger partial charge is 0.481 e. The number of fused-ring (bicyclic) bond motifs is 1. The van der Waals surface area contributed by atoms with Crippen molar-refractivity contribution in [2.75, 3.05) is 25.6 Å². The third-order valence-corrected chi connectivity index (χ3v) is 8.98. The molecule has 12 nitrogen and oxygen atoms in total. The number of pyridine rings is 1. The van der Waals surface area contributed by atoms with Gasteiger partial charge in [-0.1, -0.05) is 53.5 Å². The van der Waals surface area contributed by atoms with E-state index in [4.69, 9.17) is 37.7 Å². The molecule has 6 rings (SSSR count). The molecule has 3 atom stereocenters. The maximum absolute atomic E-state index is 13.0. The number of anilines is 1. The quantitative estimate of drug-likeness (QED) is 0.274. The monoisotopic (exact) mass is 652 g/mol. The number of halogens is 2. The van der Waals surface area contributed by atoms with Crippen LogP contribution in [0.15, 0.2) is 52.1 Å². The van der Waals surface area contributed by atoms with E-state index in [1.807, 2.05) is 24.3 Å². The Morgan fingerprint density at radius 1 is 1.07 bits per heavy atom. The highest BCUT2D eigenvalue weighted by Gasteiger charge is 2.34. The number of nitrogens with zero attached hydrogens (tertiary/aromatic N) is 4. The minimum atomic E-state index is -0.830. The van der Waals surface area contributed by atoms with E-state index >= 15 is 0 Å². The zero-order chi connectivity index (χ0) is 32.0. The summed E-state index contributed by atoms with van der Waals surface area (Å²) in [4.78, 5) is 42.4. The summed E-state index contributed by atoms with van der Waals surface area (Å²) in [5.74, 6) is -0.337. The number of nitrogens with one attached hydrogen (secondary N) is 2. The van der Waals surface area contributed by atoms with Crippen LogP contribution in [0, 0.1) is 0 Å². The summed E-state index contributed by atoms with van der Waals surface area (Å²) in [6.07, 6.45) is 1.05. The summed E-state index contributed by atoms with van der Waals surface area (Å²) in [6.45, 7) is 0.755. The molecule has 0 bridgehead atoms. The zero-order valence-electron chi connectivity index (χ0n) is 24.6. The van der Waals surface area contributed by atoms with Gasteiger partial charge >= 0.3 is 5.69 Å². The lowest BCUT2D eigenvalue weighted by Gasteiger charge is -2.22. The molecule has 14 heteroatoms. The van der Waals surface area contributed by atoms with Crippen LogP contribution in [0.5, 0.6) is 5.88 Å². The van der Waals surface area contributed by atoms with Crippen LogP contribution < -0.4 is 26.6 Å². The summed E-state index contributed by atoms with van der Waals surface area (Å²) in [6, 6.07) is 12.4. The average Bonchev–Trinajstić information content (AvgIpc) is 3.64. The number of benzene rings is 2. The van der Waals surface area contributed by atoms with E-state index in [0.29, 0.717) is 46.5 Å². The summed E-state index contributed by atoms with van der Waals surface area (Å²) in [5.41, 5.74) is 2.75. The number of aliphatic hydroxyl groups excluding tert-OH is 1. The number of aliphatic hydroxyl groups is 1. The van der Waals surface area contributed by atoms with Crippen LogP contribution in [0.3, 0.4) is 0 Å². The van der Waals surface area contributed by atoms with E-state index in [1.165, 1.54) is 14.1 Å². The maximum Gasteiger partial charge on any atom is 0.346 e. The van der Waals surface area contributed by atoms with Gasteiger partial charge in [0.15, 0.2) is 0 Å². The molecule has 0 saturated carbocycles. The predicted molar refractivity (Wildman–Crippen MR) is 169 cm³/mol. The number of aromatic nitrogens is 4. The highest BCUT2D eigenvalue weighted by molar-refractivity contribution is 6.39. The second kappa shape index (κ2) is 12.4. The van der Waals surface area contributed by atoms with Crippen molar-refractivity contribution in [1.29, 1.82) is 0 Å². The molecular weight excluding hydrogens is 623 g/mol. The van der Waals surface area contributed by atoms with Crippen molar-refractivity contribution in [1.82, 2.24) is 24.6 Å². The minimum Gasteiger partial charge on any atom is -0.481 e. The van der Waals surface area contributed by atoms with Crippen LogP contribution >= 0.6 is 23.2 Å². The van der Waals surface area contributed by atoms with Crippen LogP contribution in [-0.4, -0.2) is 62.8 Å². The lowest BCUT2D eigenvalue weighted by Crippen LogP contribution is -2.43. The van der Waals surface area contributed by atoms with Gasteiger partial charge in [-0.3, -0.25) is 14.2 Å². The third-order valence-electron chi connectivity index (χ3n) is 8.17. The number of aryl methyl sites for hydroxylation is 2. The Balaban J connectivity index is 1.32. The van der Waals surface area contributed by atoms with Gasteiger partial charge in [0, 0.05) is 42.4 Å². The fraction of sp³-hybridized carbons (Fsp3) is 0.323. The average molecular weight is 654 g/mol. The molecule has 1 fully saturated rings. The topological polar surface area (TPSA) is 150 Å². The van der Waals surface area contributed by atoms with Crippen LogP contribution in [0.4, 0.5) is 5.69 Å². The smallest absolute Gasteiger partial charge is 0.346 e. The molecule has 2 aliphatic rings. The first-order valence-corrected chi connectivity index (χ1v) is 15.0. The van der Waals surface area contributed by atoms with Gasteiger partial charge in [0.2, 0.25) is 11.6 Å². The van der Waals surface area contributed by atoms with Crippen molar-refractivity contribution in [2.24, 2.45) is 14.1 Å². The first kappa shape index (κ1) is 30.9. The number of hydrogen-bond donors (Lipinski definition) is 3. The molecule has 1 aliphatic carbocycles. The molecular formula is C31H30Cl2N6O6. The van der Waals surface area contributed by atoms with Gasteiger partial charge in [-0.2, -0.15) is 5.10 Å². The molecule has 4 aromatic rings. The number of rotatable bonds is 7. The third kappa shape index (κ3) is 5.64. The fourth-order valence-corrected chi connectivity index (χ4v) is 6.42. The van der Waals surface area contributed by atoms with Crippen molar-refractivity contribution in [3.8, 4) is 28.3 Å². The summed E-state index contributed by atoms with van der Waals surface area (Å²) >= 11 is 13.8. The van der Waals surface area contributed by atoms with Gasteiger partial charge in [-0.05, 0) is 30.5 Å². The molecule has 45 heavy (non-hydrogen) atoms. The van der Waals surface area contributed by atoms with Crippen molar-refractivity contribution in [3.05, 3.63) is 90.2 Å².